The predicted molar refractivity (Wildman–Crippen MR) is 104 cm³/mol. The summed E-state index contributed by atoms with van der Waals surface area (Å²) < 4.78 is 0.599. The van der Waals surface area contributed by atoms with Crippen molar-refractivity contribution in [3.05, 3.63) is 44.7 Å². The van der Waals surface area contributed by atoms with Crippen LogP contribution in [0.5, 0.6) is 0 Å². The Morgan fingerprint density at radius 1 is 1.44 bits per heavy atom. The first-order chi connectivity index (χ1) is 12.9. The van der Waals surface area contributed by atoms with Gasteiger partial charge in [-0.05, 0) is 12.5 Å². The summed E-state index contributed by atoms with van der Waals surface area (Å²) in [6.07, 6.45) is 0.478. The lowest BCUT2D eigenvalue weighted by atomic mass is 10.3. The van der Waals surface area contributed by atoms with E-state index in [0.717, 1.165) is 29.2 Å². The summed E-state index contributed by atoms with van der Waals surface area (Å²) in [6.45, 7) is 1.82. The fraction of sp³-hybridized carbons (Fsp3) is 0.200. The first-order valence-electron chi connectivity index (χ1n) is 7.75. The van der Waals surface area contributed by atoms with Gasteiger partial charge in [0.2, 0.25) is 5.91 Å². The molecule has 27 heavy (non-hydrogen) atoms. The number of nitrogens with one attached hydrogen (secondary N) is 2. The first kappa shape index (κ1) is 18.8. The molecule has 0 radical (unpaired) electrons. The first-order valence-corrected chi connectivity index (χ1v) is 9.44. The van der Waals surface area contributed by atoms with Crippen LogP contribution >= 0.6 is 23.1 Å². The summed E-state index contributed by atoms with van der Waals surface area (Å²) in [5.41, 5.74) is 5.68. The van der Waals surface area contributed by atoms with Gasteiger partial charge in [-0.15, -0.1) is 0 Å². The van der Waals surface area contributed by atoms with E-state index < -0.39 is 15.7 Å². The van der Waals surface area contributed by atoms with E-state index in [1.165, 1.54) is 18.2 Å². The Balaban J connectivity index is 1.77. The zero-order valence-corrected chi connectivity index (χ0v) is 15.6. The minimum Gasteiger partial charge on any atom is -0.383 e. The highest BCUT2D eigenvalue weighted by Crippen LogP contribution is 2.30. The number of amides is 1. The molecule has 0 aliphatic heterocycles. The van der Waals surface area contributed by atoms with Gasteiger partial charge in [0.25, 0.3) is 11.2 Å². The molecule has 0 fully saturated rings. The number of aromatic amines is 1. The highest BCUT2D eigenvalue weighted by atomic mass is 32.2. The molecular weight excluding hydrogens is 392 g/mol. The van der Waals surface area contributed by atoms with E-state index in [-0.39, 0.29) is 22.6 Å². The number of carbonyl (C=O) groups excluding carboxylic acids is 1. The van der Waals surface area contributed by atoms with Crippen LogP contribution in [0.25, 0.3) is 10.2 Å². The number of benzene rings is 1. The van der Waals surface area contributed by atoms with Gasteiger partial charge < -0.3 is 16.0 Å². The summed E-state index contributed by atoms with van der Waals surface area (Å²) >= 11 is 2.23. The van der Waals surface area contributed by atoms with Gasteiger partial charge in [0, 0.05) is 18.2 Å². The molecule has 0 bridgehead atoms. The fourth-order valence-corrected chi connectivity index (χ4v) is 4.05. The lowest BCUT2D eigenvalue weighted by molar-refractivity contribution is -0.384. The molecule has 2 heterocycles. The van der Waals surface area contributed by atoms with Crippen LogP contribution in [0.2, 0.25) is 0 Å². The van der Waals surface area contributed by atoms with Crippen molar-refractivity contribution in [1.29, 1.82) is 0 Å². The number of hydrogen-bond donors (Lipinski definition) is 3. The van der Waals surface area contributed by atoms with E-state index in [0.29, 0.717) is 21.8 Å². The Morgan fingerprint density at radius 2 is 2.22 bits per heavy atom. The Kier molecular flexibility index (Phi) is 5.37. The molecule has 1 aromatic carbocycles. The van der Waals surface area contributed by atoms with Crippen molar-refractivity contribution >= 4 is 55.9 Å². The van der Waals surface area contributed by atoms with Crippen molar-refractivity contribution in [1.82, 2.24) is 15.0 Å². The largest absolute Gasteiger partial charge is 0.383 e. The number of aromatic nitrogens is 3. The third-order valence-corrected chi connectivity index (χ3v) is 5.65. The quantitative estimate of drug-likeness (QED) is 0.244. The van der Waals surface area contributed by atoms with Crippen LogP contribution in [-0.4, -0.2) is 31.0 Å². The number of fused-ring (bicyclic) bond motifs is 1. The number of carbonyl (C=O) groups is 1. The van der Waals surface area contributed by atoms with Gasteiger partial charge in [-0.25, -0.2) is 9.97 Å². The molecule has 10 nitrogen and oxygen atoms in total. The Hall–Kier alpha value is -2.99. The number of thioether (sulfide) groups is 1. The van der Waals surface area contributed by atoms with E-state index in [1.807, 2.05) is 6.92 Å². The lowest BCUT2D eigenvalue weighted by Gasteiger charge is -2.12. The number of nitrogens with zero attached hydrogens (tertiary/aromatic N) is 3. The van der Waals surface area contributed by atoms with E-state index in [4.69, 9.17) is 5.73 Å². The van der Waals surface area contributed by atoms with Crippen LogP contribution < -0.4 is 16.6 Å². The molecule has 0 aliphatic rings. The van der Waals surface area contributed by atoms with Crippen molar-refractivity contribution in [3.63, 3.8) is 0 Å². The molecule has 0 unspecified atom stereocenters. The van der Waals surface area contributed by atoms with Crippen molar-refractivity contribution in [2.75, 3.05) is 11.1 Å². The molecule has 1 amide bonds. The number of H-pyrrole nitrogens is 1. The van der Waals surface area contributed by atoms with Crippen molar-refractivity contribution in [2.45, 2.75) is 23.8 Å². The van der Waals surface area contributed by atoms with Crippen LogP contribution in [0.15, 0.2) is 34.2 Å². The Bertz CT molecular complexity index is 1080. The van der Waals surface area contributed by atoms with E-state index >= 15 is 0 Å². The number of anilines is 2. The zero-order valence-electron chi connectivity index (χ0n) is 14.0. The van der Waals surface area contributed by atoms with Gasteiger partial charge in [-0.3, -0.25) is 19.7 Å². The number of non-ortho nitro benzene ring substituents is 1. The fourth-order valence-electron chi connectivity index (χ4n) is 2.23. The molecule has 0 saturated carbocycles. The normalized spacial score (nSPS) is 12.0. The van der Waals surface area contributed by atoms with E-state index in [1.54, 1.807) is 0 Å². The molecule has 0 spiro atoms. The average Bonchev–Trinajstić information content (AvgIpc) is 2.99. The van der Waals surface area contributed by atoms with Gasteiger partial charge in [-0.2, -0.15) is 0 Å². The van der Waals surface area contributed by atoms with Gasteiger partial charge >= 0.3 is 0 Å². The van der Waals surface area contributed by atoms with E-state index in [2.05, 4.69) is 20.3 Å². The molecule has 2 aromatic heterocycles. The maximum absolute atomic E-state index is 12.5. The molecule has 140 valence electrons. The van der Waals surface area contributed by atoms with E-state index in [9.17, 15) is 19.7 Å². The second kappa shape index (κ2) is 7.72. The SMILES string of the molecule is CC[C@H](Sc1nc(N)cc(=O)[nH]1)C(=O)Nc1nc2ccc([N+](=O)[O-])cc2s1. The Labute approximate surface area is 160 Å². The number of hydrogen-bond acceptors (Lipinski definition) is 9. The predicted octanol–water partition coefficient (Wildman–Crippen LogP) is 2.38. The molecular formula is C15H14N6O4S2. The standard InChI is InChI=1S/C15H14N6O4S2/c1-2-9(26-15-18-11(16)6-12(22)19-15)13(23)20-14-17-8-4-3-7(21(24)25)5-10(8)27-14/h3-6,9H,2H2,1H3,(H,17,20,23)(H3,16,18,19,22)/t9-/m0/s1. The minimum atomic E-state index is -0.531. The molecule has 1 atom stereocenters. The molecule has 0 saturated heterocycles. The van der Waals surface area contributed by atoms with Crippen molar-refractivity contribution < 1.29 is 9.72 Å². The maximum atomic E-state index is 12.5. The maximum Gasteiger partial charge on any atom is 0.270 e. The van der Waals surface area contributed by atoms with Crippen LogP contribution in [0.1, 0.15) is 13.3 Å². The summed E-state index contributed by atoms with van der Waals surface area (Å²) in [4.78, 5) is 45.2. The smallest absolute Gasteiger partial charge is 0.270 e. The summed E-state index contributed by atoms with van der Waals surface area (Å²) in [7, 11) is 0. The Morgan fingerprint density at radius 3 is 2.89 bits per heavy atom. The van der Waals surface area contributed by atoms with Crippen LogP contribution in [0, 0.1) is 10.1 Å². The molecule has 3 rings (SSSR count). The third kappa shape index (κ3) is 4.41. The summed E-state index contributed by atoms with van der Waals surface area (Å²) in [5, 5.41) is 13.6. The highest BCUT2D eigenvalue weighted by Gasteiger charge is 2.21. The second-order valence-electron chi connectivity index (χ2n) is 5.41. The monoisotopic (exact) mass is 406 g/mol. The molecule has 0 aliphatic carbocycles. The molecule has 3 aromatic rings. The van der Waals surface area contributed by atoms with Crippen LogP contribution in [-0.2, 0) is 4.79 Å². The average molecular weight is 406 g/mol. The zero-order chi connectivity index (χ0) is 19.6. The van der Waals surface area contributed by atoms with Crippen LogP contribution in [0.4, 0.5) is 16.6 Å². The number of rotatable bonds is 6. The number of nitro groups is 1. The number of nitrogen functional groups attached to an aromatic ring is 1. The molecule has 12 heteroatoms. The number of nitrogens with two attached hydrogens (primary N) is 1. The highest BCUT2D eigenvalue weighted by molar-refractivity contribution is 8.00. The second-order valence-corrected chi connectivity index (χ2v) is 7.63. The van der Waals surface area contributed by atoms with Crippen molar-refractivity contribution in [3.8, 4) is 0 Å². The number of nitro benzene ring substituents is 1. The summed E-state index contributed by atoms with van der Waals surface area (Å²) in [5.74, 6) is -0.245. The number of thiazole rings is 1. The third-order valence-electron chi connectivity index (χ3n) is 3.47. The lowest BCUT2D eigenvalue weighted by Crippen LogP contribution is -2.25. The van der Waals surface area contributed by atoms with Gasteiger partial charge in [0.15, 0.2) is 10.3 Å². The van der Waals surface area contributed by atoms with Crippen LogP contribution in [0.3, 0.4) is 0 Å². The summed E-state index contributed by atoms with van der Waals surface area (Å²) in [6, 6.07) is 5.47. The topological polar surface area (TPSA) is 157 Å². The van der Waals surface area contributed by atoms with Gasteiger partial charge in [-0.1, -0.05) is 30.0 Å². The molecule has 4 N–H and O–H groups in total. The minimum absolute atomic E-state index is 0.0392. The van der Waals surface area contributed by atoms with Crippen molar-refractivity contribution in [2.24, 2.45) is 0 Å². The van der Waals surface area contributed by atoms with Gasteiger partial charge in [0.05, 0.1) is 20.4 Å². The van der Waals surface area contributed by atoms with Gasteiger partial charge in [0.1, 0.15) is 5.82 Å².